The lowest BCUT2D eigenvalue weighted by molar-refractivity contribution is -0.918. The lowest BCUT2D eigenvalue weighted by atomic mass is 10.1. The number of furan rings is 1. The number of quaternary nitrogens is 1. The SMILES string of the molecule is O=C(c1ccco1)N1CC[NH+]([C@@H]2CC(=O)N(c3ccccc3)C2=O)CC1. The molecule has 0 spiro atoms. The third-order valence-corrected chi connectivity index (χ3v) is 5.08. The molecule has 0 radical (unpaired) electrons. The molecule has 1 atom stereocenters. The lowest BCUT2D eigenvalue weighted by Crippen LogP contribution is -3.19. The molecule has 2 aromatic rings. The summed E-state index contributed by atoms with van der Waals surface area (Å²) in [7, 11) is 0. The highest BCUT2D eigenvalue weighted by Crippen LogP contribution is 2.21. The number of hydrogen-bond acceptors (Lipinski definition) is 4. The van der Waals surface area contributed by atoms with Gasteiger partial charge in [-0.25, -0.2) is 4.90 Å². The van der Waals surface area contributed by atoms with E-state index in [9.17, 15) is 14.4 Å². The number of nitrogens with one attached hydrogen (secondary N) is 1. The van der Waals surface area contributed by atoms with Gasteiger partial charge in [0.2, 0.25) is 5.91 Å². The molecule has 2 fully saturated rings. The summed E-state index contributed by atoms with van der Waals surface area (Å²) in [4.78, 5) is 41.6. The third kappa shape index (κ3) is 2.90. The van der Waals surface area contributed by atoms with Crippen molar-refractivity contribution in [2.45, 2.75) is 12.5 Å². The van der Waals surface area contributed by atoms with Gasteiger partial charge in [-0.05, 0) is 24.3 Å². The zero-order chi connectivity index (χ0) is 18.1. The average Bonchev–Trinajstić information content (AvgIpc) is 3.30. The van der Waals surface area contributed by atoms with Crippen LogP contribution in [0.3, 0.4) is 0 Å². The fourth-order valence-corrected chi connectivity index (χ4v) is 3.70. The Bertz CT molecular complexity index is 811. The molecule has 7 heteroatoms. The minimum absolute atomic E-state index is 0.131. The van der Waals surface area contributed by atoms with Crippen molar-refractivity contribution < 1.29 is 23.7 Å². The largest absolute Gasteiger partial charge is 0.459 e. The Morgan fingerprint density at radius 1 is 1.04 bits per heavy atom. The zero-order valence-corrected chi connectivity index (χ0v) is 14.3. The van der Waals surface area contributed by atoms with E-state index < -0.39 is 0 Å². The van der Waals surface area contributed by atoms with E-state index >= 15 is 0 Å². The molecule has 26 heavy (non-hydrogen) atoms. The van der Waals surface area contributed by atoms with Crippen molar-refractivity contribution in [3.05, 3.63) is 54.5 Å². The quantitative estimate of drug-likeness (QED) is 0.785. The number of amides is 3. The molecular formula is C19H20N3O4+. The summed E-state index contributed by atoms with van der Waals surface area (Å²) in [5.74, 6) is -0.112. The van der Waals surface area contributed by atoms with Crippen LogP contribution in [0.2, 0.25) is 0 Å². The number of nitrogens with zero attached hydrogens (tertiary/aromatic N) is 2. The Morgan fingerprint density at radius 2 is 1.77 bits per heavy atom. The number of imide groups is 1. The summed E-state index contributed by atoms with van der Waals surface area (Å²) < 4.78 is 5.17. The minimum Gasteiger partial charge on any atom is -0.459 e. The van der Waals surface area contributed by atoms with Crippen LogP contribution in [0, 0.1) is 0 Å². The van der Waals surface area contributed by atoms with Crippen LogP contribution in [0.5, 0.6) is 0 Å². The van der Waals surface area contributed by atoms with Gasteiger partial charge in [0.1, 0.15) is 0 Å². The predicted octanol–water partition coefficient (Wildman–Crippen LogP) is -0.0476. The van der Waals surface area contributed by atoms with Crippen molar-refractivity contribution in [3.63, 3.8) is 0 Å². The summed E-state index contributed by atoms with van der Waals surface area (Å²) >= 11 is 0. The van der Waals surface area contributed by atoms with Crippen LogP contribution in [-0.4, -0.2) is 54.8 Å². The highest BCUT2D eigenvalue weighted by molar-refractivity contribution is 6.21. The van der Waals surface area contributed by atoms with Gasteiger partial charge >= 0.3 is 0 Å². The second-order valence-corrected chi connectivity index (χ2v) is 6.59. The van der Waals surface area contributed by atoms with Gasteiger partial charge in [-0.3, -0.25) is 14.4 Å². The van der Waals surface area contributed by atoms with Gasteiger partial charge < -0.3 is 14.2 Å². The summed E-state index contributed by atoms with van der Waals surface area (Å²) in [5.41, 5.74) is 0.621. The van der Waals surface area contributed by atoms with E-state index in [4.69, 9.17) is 4.42 Å². The first-order valence-electron chi connectivity index (χ1n) is 8.74. The number of carbonyl (C=O) groups excluding carboxylic acids is 3. The molecule has 1 aromatic heterocycles. The number of benzene rings is 1. The first kappa shape index (κ1) is 16.5. The highest BCUT2D eigenvalue weighted by Gasteiger charge is 2.46. The van der Waals surface area contributed by atoms with Crippen molar-refractivity contribution in [2.75, 3.05) is 31.1 Å². The van der Waals surface area contributed by atoms with Crippen molar-refractivity contribution in [1.82, 2.24) is 4.90 Å². The first-order chi connectivity index (χ1) is 12.6. The monoisotopic (exact) mass is 354 g/mol. The standard InChI is InChI=1S/C19H19N3O4/c23-17-13-15(18(24)22(17)14-5-2-1-3-6-14)20-8-10-21(11-9-20)19(25)16-7-4-12-26-16/h1-7,12,15H,8-11,13H2/p+1/t15-/m1/s1. The van der Waals surface area contributed by atoms with Crippen LogP contribution in [0.25, 0.3) is 0 Å². The van der Waals surface area contributed by atoms with Gasteiger partial charge in [-0.15, -0.1) is 0 Å². The lowest BCUT2D eigenvalue weighted by Gasteiger charge is -2.34. The number of carbonyl (C=O) groups is 3. The summed E-state index contributed by atoms with van der Waals surface area (Å²) in [6, 6.07) is 12.0. The fourth-order valence-electron chi connectivity index (χ4n) is 3.70. The summed E-state index contributed by atoms with van der Waals surface area (Å²) in [5, 5.41) is 0. The van der Waals surface area contributed by atoms with Gasteiger partial charge in [0.15, 0.2) is 11.8 Å². The molecule has 0 aliphatic carbocycles. The second kappa shape index (κ2) is 6.76. The van der Waals surface area contributed by atoms with Crippen LogP contribution in [-0.2, 0) is 9.59 Å². The third-order valence-electron chi connectivity index (χ3n) is 5.08. The van der Waals surface area contributed by atoms with Gasteiger partial charge in [0.05, 0.1) is 44.6 Å². The normalized spacial score (nSPS) is 21.5. The molecule has 1 aromatic carbocycles. The summed E-state index contributed by atoms with van der Waals surface area (Å²) in [6.45, 7) is 2.36. The minimum atomic E-state index is -0.372. The van der Waals surface area contributed by atoms with Gasteiger partial charge in [0, 0.05) is 0 Å². The molecule has 0 bridgehead atoms. The van der Waals surface area contributed by atoms with E-state index in [0.717, 1.165) is 4.90 Å². The smallest absolute Gasteiger partial charge is 0.292 e. The number of para-hydroxylation sites is 1. The van der Waals surface area contributed by atoms with E-state index in [1.807, 2.05) is 18.2 Å². The number of hydrogen-bond donors (Lipinski definition) is 1. The first-order valence-corrected chi connectivity index (χ1v) is 8.74. The van der Waals surface area contributed by atoms with Gasteiger partial charge in [-0.2, -0.15) is 0 Å². The molecule has 2 aliphatic heterocycles. The van der Waals surface area contributed by atoms with Crippen LogP contribution in [0.15, 0.2) is 53.1 Å². The maximum atomic E-state index is 12.8. The van der Waals surface area contributed by atoms with Gasteiger partial charge in [-0.1, -0.05) is 18.2 Å². The van der Waals surface area contributed by atoms with Crippen LogP contribution < -0.4 is 9.80 Å². The van der Waals surface area contributed by atoms with Crippen molar-refractivity contribution in [3.8, 4) is 0 Å². The molecule has 3 amide bonds. The van der Waals surface area contributed by atoms with E-state index in [1.165, 1.54) is 11.2 Å². The molecule has 134 valence electrons. The zero-order valence-electron chi connectivity index (χ0n) is 14.3. The summed E-state index contributed by atoms with van der Waals surface area (Å²) in [6.07, 6.45) is 1.70. The van der Waals surface area contributed by atoms with Crippen molar-refractivity contribution >= 4 is 23.4 Å². The van der Waals surface area contributed by atoms with Crippen molar-refractivity contribution in [2.24, 2.45) is 0 Å². The molecule has 2 saturated heterocycles. The molecule has 2 aliphatic rings. The average molecular weight is 354 g/mol. The maximum absolute atomic E-state index is 12.8. The van der Waals surface area contributed by atoms with Crippen LogP contribution >= 0.6 is 0 Å². The maximum Gasteiger partial charge on any atom is 0.292 e. The topological polar surface area (TPSA) is 75.3 Å². The Labute approximate surface area is 150 Å². The Kier molecular flexibility index (Phi) is 4.30. The van der Waals surface area contributed by atoms with Gasteiger partial charge in [0.25, 0.3) is 11.8 Å². The highest BCUT2D eigenvalue weighted by atomic mass is 16.3. The van der Waals surface area contributed by atoms with E-state index in [2.05, 4.69) is 0 Å². The molecular weight excluding hydrogens is 334 g/mol. The van der Waals surface area contributed by atoms with Crippen LogP contribution in [0.4, 0.5) is 5.69 Å². The van der Waals surface area contributed by atoms with E-state index in [0.29, 0.717) is 37.6 Å². The number of anilines is 1. The second-order valence-electron chi connectivity index (χ2n) is 6.59. The molecule has 7 nitrogen and oxygen atoms in total. The number of rotatable bonds is 3. The molecule has 1 N–H and O–H groups in total. The van der Waals surface area contributed by atoms with E-state index in [-0.39, 0.29) is 30.2 Å². The molecule has 3 heterocycles. The Hall–Kier alpha value is -2.93. The Morgan fingerprint density at radius 3 is 2.42 bits per heavy atom. The van der Waals surface area contributed by atoms with Crippen LogP contribution in [0.1, 0.15) is 17.0 Å². The molecule has 0 saturated carbocycles. The Balaban J connectivity index is 1.41. The number of piperazine rings is 1. The predicted molar refractivity (Wildman–Crippen MR) is 92.6 cm³/mol. The molecule has 4 rings (SSSR count). The molecule has 0 unspecified atom stereocenters. The fraction of sp³-hybridized carbons (Fsp3) is 0.316. The van der Waals surface area contributed by atoms with Crippen molar-refractivity contribution in [1.29, 1.82) is 0 Å². The van der Waals surface area contributed by atoms with E-state index in [1.54, 1.807) is 29.2 Å².